The number of hydrogen-bond acceptors (Lipinski definition) is 12. The number of hydrogen-bond donors (Lipinski definition) is 4. The highest BCUT2D eigenvalue weighted by Gasteiger charge is 2.26. The number of nitrogens with one attached hydrogen (secondary N) is 2. The van der Waals surface area contributed by atoms with E-state index in [1.165, 1.54) is 25.2 Å². The van der Waals surface area contributed by atoms with Gasteiger partial charge in [-0.2, -0.15) is 28.7 Å². The third-order valence-corrected chi connectivity index (χ3v) is 11.2. The predicted octanol–water partition coefficient (Wildman–Crippen LogP) is 4.56. The molecule has 0 spiro atoms. The van der Waals surface area contributed by atoms with Crippen LogP contribution in [0.1, 0.15) is 87.5 Å². The van der Waals surface area contributed by atoms with Crippen LogP contribution in [-0.2, 0) is 25.9 Å². The van der Waals surface area contributed by atoms with Crippen LogP contribution in [0, 0.1) is 10.4 Å². The molecule has 0 aromatic carbocycles. The third-order valence-electron chi connectivity index (χ3n) is 11.2. The Bertz CT molecular complexity index is 2100. The largest absolute Gasteiger partial charge is 0.619 e. The van der Waals surface area contributed by atoms with Crippen molar-refractivity contribution in [2.45, 2.75) is 103 Å². The Hall–Kier alpha value is -5.74. The van der Waals surface area contributed by atoms with Crippen molar-refractivity contribution in [2.75, 3.05) is 46.7 Å². The number of nitrogens with zero attached hydrogens (tertiary/aromatic N) is 10. The van der Waals surface area contributed by atoms with Crippen LogP contribution in [0.4, 0.5) is 23.3 Å². The normalized spacial score (nSPS) is 17.0. The Morgan fingerprint density at radius 1 is 0.690 bits per heavy atom. The molecule has 8 heterocycles. The molecule has 16 nitrogen and oxygen atoms in total. The van der Waals surface area contributed by atoms with Crippen molar-refractivity contribution in [1.82, 2.24) is 29.2 Å². The molecular weight excluding hydrogens is 737 g/mol. The number of piperidine rings is 2. The fourth-order valence-corrected chi connectivity index (χ4v) is 8.13. The summed E-state index contributed by atoms with van der Waals surface area (Å²) >= 11 is 0. The molecule has 0 amide bonds. The predicted molar refractivity (Wildman–Crippen MR) is 224 cm³/mol. The minimum atomic E-state index is 0.185. The van der Waals surface area contributed by atoms with E-state index in [4.69, 9.17) is 9.97 Å². The van der Waals surface area contributed by atoms with Crippen molar-refractivity contribution in [1.29, 1.82) is 0 Å². The van der Waals surface area contributed by atoms with Gasteiger partial charge in [-0.05, 0) is 76.3 Å². The van der Waals surface area contributed by atoms with Crippen LogP contribution in [0.15, 0.2) is 73.6 Å². The summed E-state index contributed by atoms with van der Waals surface area (Å²) in [6.45, 7) is 7.49. The molecule has 0 aliphatic carbocycles. The minimum Gasteiger partial charge on any atom is -0.619 e. The Morgan fingerprint density at radius 2 is 1.14 bits per heavy atom. The van der Waals surface area contributed by atoms with Gasteiger partial charge in [0.1, 0.15) is 23.3 Å². The molecule has 2 aliphatic rings. The molecule has 2 saturated heterocycles. The van der Waals surface area contributed by atoms with Crippen LogP contribution >= 0.6 is 0 Å². The number of aryl methyl sites for hydroxylation is 2. The summed E-state index contributed by atoms with van der Waals surface area (Å²) in [5.74, 6) is 3.53. The fourth-order valence-electron chi connectivity index (χ4n) is 8.13. The summed E-state index contributed by atoms with van der Waals surface area (Å²) in [5.41, 5.74) is 5.70. The molecule has 2 fully saturated rings. The quantitative estimate of drug-likeness (QED) is 0.0893. The van der Waals surface area contributed by atoms with Crippen LogP contribution in [0.25, 0.3) is 11.3 Å². The highest BCUT2D eigenvalue weighted by molar-refractivity contribution is 5.63. The number of anilines is 4. The number of fused-ring (bicyclic) bond motifs is 2. The summed E-state index contributed by atoms with van der Waals surface area (Å²) < 4.78 is 5.28. The first-order valence-electron chi connectivity index (χ1n) is 20.7. The maximum absolute atomic E-state index is 11.5. The van der Waals surface area contributed by atoms with E-state index in [0.717, 1.165) is 131 Å². The SMILES string of the molecule is CCc1cnn2c(NCc3ccc[n+]([O-])c3)cc(N3CCCC[C@H]3CCO)nc12.CCc1cnn2c(NCc3ccc[n+]([O-])c3)cc(N3CCCC[C@H]3CCO)nc12. The Morgan fingerprint density at radius 3 is 1.53 bits per heavy atom. The number of pyridine rings is 2. The van der Waals surface area contributed by atoms with E-state index in [0.29, 0.717) is 25.2 Å². The molecule has 8 rings (SSSR count). The highest BCUT2D eigenvalue weighted by atomic mass is 16.5. The highest BCUT2D eigenvalue weighted by Crippen LogP contribution is 2.30. The molecule has 2 aliphatic heterocycles. The average molecular weight is 793 g/mol. The third kappa shape index (κ3) is 9.34. The van der Waals surface area contributed by atoms with Crippen LogP contribution < -0.4 is 29.9 Å². The van der Waals surface area contributed by atoms with Gasteiger partial charge in [-0.15, -0.1) is 0 Å². The lowest BCUT2D eigenvalue weighted by Gasteiger charge is -2.36. The van der Waals surface area contributed by atoms with E-state index in [2.05, 4.69) is 44.5 Å². The first-order chi connectivity index (χ1) is 28.4. The van der Waals surface area contributed by atoms with E-state index in [1.54, 1.807) is 24.5 Å². The Balaban J connectivity index is 0.000000177. The van der Waals surface area contributed by atoms with Gasteiger partial charge in [0.2, 0.25) is 0 Å². The zero-order valence-electron chi connectivity index (χ0n) is 33.6. The molecule has 2 atom stereocenters. The zero-order chi connectivity index (χ0) is 40.4. The van der Waals surface area contributed by atoms with E-state index < -0.39 is 0 Å². The van der Waals surface area contributed by atoms with Gasteiger partial charge in [-0.1, -0.05) is 13.8 Å². The number of rotatable bonds is 14. The van der Waals surface area contributed by atoms with Crippen molar-refractivity contribution < 1.29 is 19.7 Å². The van der Waals surface area contributed by atoms with Gasteiger partial charge in [0, 0.05) is 98.0 Å². The summed E-state index contributed by atoms with van der Waals surface area (Å²) in [6, 6.07) is 12.0. The molecule has 6 aromatic rings. The number of aliphatic hydroxyl groups is 2. The van der Waals surface area contributed by atoms with Gasteiger partial charge < -0.3 is 41.1 Å². The van der Waals surface area contributed by atoms with Crippen LogP contribution in [0.2, 0.25) is 0 Å². The summed E-state index contributed by atoms with van der Waals surface area (Å²) in [6.07, 6.45) is 19.8. The summed E-state index contributed by atoms with van der Waals surface area (Å²) in [7, 11) is 0. The average Bonchev–Trinajstić information content (AvgIpc) is 3.87. The van der Waals surface area contributed by atoms with E-state index in [-0.39, 0.29) is 13.2 Å². The smallest absolute Gasteiger partial charge is 0.185 e. The second-order valence-electron chi connectivity index (χ2n) is 15.1. The van der Waals surface area contributed by atoms with Crippen molar-refractivity contribution in [3.05, 3.63) is 106 Å². The molecule has 0 radical (unpaired) electrons. The summed E-state index contributed by atoms with van der Waals surface area (Å²) in [5, 5.41) is 58.0. The minimum absolute atomic E-state index is 0.185. The lowest BCUT2D eigenvalue weighted by atomic mass is 9.99. The van der Waals surface area contributed by atoms with E-state index in [1.807, 2.05) is 45.7 Å². The molecule has 4 N–H and O–H groups in total. The first kappa shape index (κ1) is 40.5. The Labute approximate surface area is 339 Å². The second-order valence-corrected chi connectivity index (χ2v) is 15.1. The molecule has 58 heavy (non-hydrogen) atoms. The molecule has 308 valence electrons. The number of aromatic nitrogens is 8. The van der Waals surface area contributed by atoms with Crippen LogP contribution in [0.5, 0.6) is 0 Å². The van der Waals surface area contributed by atoms with Crippen LogP contribution in [-0.4, -0.2) is 77.8 Å². The molecule has 0 saturated carbocycles. The van der Waals surface area contributed by atoms with Crippen molar-refractivity contribution in [2.24, 2.45) is 0 Å². The lowest BCUT2D eigenvalue weighted by molar-refractivity contribution is -0.606. The van der Waals surface area contributed by atoms with E-state index in [9.17, 15) is 20.6 Å². The maximum Gasteiger partial charge on any atom is 0.185 e. The maximum atomic E-state index is 11.5. The van der Waals surface area contributed by atoms with Gasteiger partial charge in [0.15, 0.2) is 36.1 Å². The standard InChI is InChI=1S/2C21H28N6O2/c2*1-2-17-14-23-27-19(22-13-16-6-5-9-25(29)15-16)12-20(24-21(17)27)26-10-4-3-7-18(26)8-11-28/h2*5-6,9,12,14-15,18,22,28H,2-4,7-8,10-11,13H2,1H3/t2*18-/m00/s1. The van der Waals surface area contributed by atoms with Gasteiger partial charge in [0.25, 0.3) is 0 Å². The molecule has 0 bridgehead atoms. The zero-order valence-corrected chi connectivity index (χ0v) is 33.6. The fraction of sp³-hybridized carbons (Fsp3) is 0.476. The van der Waals surface area contributed by atoms with Gasteiger partial charge in [0.05, 0.1) is 12.4 Å². The monoisotopic (exact) mass is 792 g/mol. The first-order valence-corrected chi connectivity index (χ1v) is 20.7. The topological polar surface area (TPSA) is 185 Å². The molecule has 6 aromatic heterocycles. The second kappa shape index (κ2) is 19.1. The van der Waals surface area contributed by atoms with Gasteiger partial charge >= 0.3 is 0 Å². The molecular formula is C42H56N12O4. The van der Waals surface area contributed by atoms with Gasteiger partial charge in [-0.3, -0.25) is 0 Å². The van der Waals surface area contributed by atoms with E-state index >= 15 is 0 Å². The molecule has 16 heteroatoms. The lowest BCUT2D eigenvalue weighted by Crippen LogP contribution is -2.40. The van der Waals surface area contributed by atoms with Gasteiger partial charge in [-0.25, -0.2) is 9.97 Å². The van der Waals surface area contributed by atoms with Crippen molar-refractivity contribution in [3.63, 3.8) is 0 Å². The molecule has 0 unspecified atom stereocenters. The summed E-state index contributed by atoms with van der Waals surface area (Å²) in [4.78, 5) is 14.5. The Kier molecular flexibility index (Phi) is 13.3. The van der Waals surface area contributed by atoms with Crippen molar-refractivity contribution >= 4 is 34.6 Å². The van der Waals surface area contributed by atoms with Crippen LogP contribution in [0.3, 0.4) is 0 Å². The number of aliphatic hydroxyl groups excluding tert-OH is 2. The van der Waals surface area contributed by atoms with Crippen molar-refractivity contribution in [3.8, 4) is 0 Å².